The maximum absolute atomic E-state index is 12.8. The molecule has 0 saturated heterocycles. The molecule has 0 radical (unpaired) electrons. The van der Waals surface area contributed by atoms with Crippen LogP contribution in [-0.2, 0) is 0 Å². The van der Waals surface area contributed by atoms with E-state index in [1.807, 2.05) is 55.6 Å². The molecule has 0 heterocycles. The molecule has 1 aromatic carbocycles. The third kappa shape index (κ3) is 5.86. The van der Waals surface area contributed by atoms with Gasteiger partial charge in [-0.15, -0.1) is 0 Å². The normalized spacial score (nSPS) is 19.8. The molecule has 0 aliphatic heterocycles. The van der Waals surface area contributed by atoms with Crippen molar-refractivity contribution in [2.75, 3.05) is 13.6 Å². The van der Waals surface area contributed by atoms with Gasteiger partial charge in [-0.2, -0.15) is 0 Å². The van der Waals surface area contributed by atoms with Gasteiger partial charge in [0, 0.05) is 28.5 Å². The Labute approximate surface area is 158 Å². The van der Waals surface area contributed by atoms with E-state index >= 15 is 0 Å². The fourth-order valence-electron chi connectivity index (χ4n) is 3.09. The van der Waals surface area contributed by atoms with Crippen molar-refractivity contribution in [3.05, 3.63) is 71.8 Å². The molecule has 26 heavy (non-hydrogen) atoms. The summed E-state index contributed by atoms with van der Waals surface area (Å²) in [6.07, 6.45) is 11.8. The number of nitrogens with one attached hydrogen (secondary N) is 1. The summed E-state index contributed by atoms with van der Waals surface area (Å²) in [6.45, 7) is 7.13. The number of benzene rings is 1. The Morgan fingerprint density at radius 3 is 2.65 bits per heavy atom. The van der Waals surface area contributed by atoms with Crippen molar-refractivity contribution in [1.29, 1.82) is 0 Å². The lowest BCUT2D eigenvalue weighted by atomic mass is 9.74. The Morgan fingerprint density at radius 2 is 2.00 bits per heavy atom. The van der Waals surface area contributed by atoms with Gasteiger partial charge in [0.05, 0.1) is 0 Å². The highest BCUT2D eigenvalue weighted by Crippen LogP contribution is 2.36. The Kier molecular flexibility index (Phi) is 6.77. The first-order valence-electron chi connectivity index (χ1n) is 9.16. The van der Waals surface area contributed by atoms with E-state index in [2.05, 4.69) is 50.1 Å². The highest BCUT2D eigenvalue weighted by atomic mass is 16.1. The monoisotopic (exact) mass is 347 g/mol. The molecule has 0 bridgehead atoms. The Hall–Kier alpha value is -2.37. The molecular formula is C24H29NO. The molecule has 0 amide bonds. The molecule has 0 spiro atoms. The van der Waals surface area contributed by atoms with E-state index in [0.717, 1.165) is 30.5 Å². The zero-order chi connectivity index (χ0) is 19.0. The molecule has 2 heteroatoms. The van der Waals surface area contributed by atoms with Crippen LogP contribution < -0.4 is 5.32 Å². The smallest absolute Gasteiger partial charge is 0.189 e. The van der Waals surface area contributed by atoms with E-state index in [0.29, 0.717) is 0 Å². The molecule has 2 nitrogen and oxygen atoms in total. The maximum Gasteiger partial charge on any atom is 0.189 e. The number of carbonyl (C=O) groups excluding carboxylic acids is 1. The minimum Gasteiger partial charge on any atom is -0.319 e. The quantitative estimate of drug-likeness (QED) is 0.582. The number of ketones is 1. The Morgan fingerprint density at radius 1 is 1.27 bits per heavy atom. The molecule has 1 atom stereocenters. The van der Waals surface area contributed by atoms with Gasteiger partial charge in [-0.3, -0.25) is 4.79 Å². The van der Waals surface area contributed by atoms with Crippen LogP contribution in [0.4, 0.5) is 0 Å². The van der Waals surface area contributed by atoms with Gasteiger partial charge in [-0.1, -0.05) is 66.5 Å². The largest absolute Gasteiger partial charge is 0.319 e. The van der Waals surface area contributed by atoms with Crippen molar-refractivity contribution in [2.24, 2.45) is 10.8 Å². The standard InChI is InChI=1S/C24H29NO/c1-23(2,3)15-9-6-10-16-24(19-25-4)17-11-14-21(18-24)22(26)20-12-7-5-8-13-20/h5-8,10-14,17,25H,16,18-19H2,1-4H3/b10-6+. The van der Waals surface area contributed by atoms with Crippen LogP contribution in [0.2, 0.25) is 0 Å². The average molecular weight is 348 g/mol. The minimum absolute atomic E-state index is 0.00968. The molecule has 0 aromatic heterocycles. The van der Waals surface area contributed by atoms with Crippen LogP contribution in [0, 0.1) is 22.7 Å². The van der Waals surface area contributed by atoms with Gasteiger partial charge in [0.15, 0.2) is 5.78 Å². The van der Waals surface area contributed by atoms with Crippen LogP contribution in [0.15, 0.2) is 66.3 Å². The molecule has 1 N–H and O–H groups in total. The van der Waals surface area contributed by atoms with Gasteiger partial charge in [-0.05, 0) is 46.7 Å². The van der Waals surface area contributed by atoms with Crippen molar-refractivity contribution in [3.63, 3.8) is 0 Å². The summed E-state index contributed by atoms with van der Waals surface area (Å²) in [5.74, 6) is 6.46. The number of rotatable bonds is 6. The first kappa shape index (κ1) is 19.9. The van der Waals surface area contributed by atoms with Gasteiger partial charge in [0.25, 0.3) is 0 Å². The Balaban J connectivity index is 2.13. The van der Waals surface area contributed by atoms with Crippen LogP contribution in [0.3, 0.4) is 0 Å². The number of hydrogen-bond acceptors (Lipinski definition) is 2. The lowest BCUT2D eigenvalue weighted by Crippen LogP contribution is -2.33. The summed E-state index contributed by atoms with van der Waals surface area (Å²) in [4.78, 5) is 12.8. The lowest BCUT2D eigenvalue weighted by Gasteiger charge is -2.32. The number of hydrogen-bond donors (Lipinski definition) is 1. The zero-order valence-corrected chi connectivity index (χ0v) is 16.3. The van der Waals surface area contributed by atoms with Crippen molar-refractivity contribution in [3.8, 4) is 11.8 Å². The number of carbonyl (C=O) groups is 1. The van der Waals surface area contributed by atoms with Crippen molar-refractivity contribution in [2.45, 2.75) is 33.6 Å². The summed E-state index contributed by atoms with van der Waals surface area (Å²) in [7, 11) is 1.95. The van der Waals surface area contributed by atoms with Crippen LogP contribution in [0.5, 0.6) is 0 Å². The number of Topliss-reactive ketones (excluding diaryl/α,β-unsaturated/α-hetero) is 1. The SMILES string of the molecule is CNCC1(C/C=C/C#CC(C)(C)C)C=CC=C(C(=O)c2ccccc2)C1. The van der Waals surface area contributed by atoms with E-state index in [1.54, 1.807) is 0 Å². The third-order valence-corrected chi connectivity index (χ3v) is 4.32. The van der Waals surface area contributed by atoms with Gasteiger partial charge < -0.3 is 5.32 Å². The minimum atomic E-state index is -0.0941. The molecule has 0 saturated carbocycles. The second-order valence-corrected chi connectivity index (χ2v) is 7.94. The topological polar surface area (TPSA) is 29.1 Å². The molecule has 1 aliphatic carbocycles. The molecule has 2 rings (SSSR count). The summed E-state index contributed by atoms with van der Waals surface area (Å²) in [6, 6.07) is 9.50. The third-order valence-electron chi connectivity index (χ3n) is 4.32. The maximum atomic E-state index is 12.8. The molecule has 1 aliphatic rings. The first-order valence-corrected chi connectivity index (χ1v) is 9.16. The van der Waals surface area contributed by atoms with Gasteiger partial charge in [0.2, 0.25) is 0 Å². The van der Waals surface area contributed by atoms with Crippen LogP contribution >= 0.6 is 0 Å². The van der Waals surface area contributed by atoms with E-state index in [-0.39, 0.29) is 16.6 Å². The van der Waals surface area contributed by atoms with Crippen molar-refractivity contribution < 1.29 is 4.79 Å². The summed E-state index contributed by atoms with van der Waals surface area (Å²) >= 11 is 0. The lowest BCUT2D eigenvalue weighted by molar-refractivity contribution is 0.102. The average Bonchev–Trinajstić information content (AvgIpc) is 2.61. The second kappa shape index (κ2) is 8.83. The summed E-state index contributed by atoms with van der Waals surface area (Å²) < 4.78 is 0. The fourth-order valence-corrected chi connectivity index (χ4v) is 3.09. The van der Waals surface area contributed by atoms with Crippen LogP contribution in [0.25, 0.3) is 0 Å². The first-order chi connectivity index (χ1) is 12.4. The molecule has 136 valence electrons. The van der Waals surface area contributed by atoms with Gasteiger partial charge in [0.1, 0.15) is 0 Å². The predicted octanol–water partition coefficient (Wildman–Crippen LogP) is 4.96. The highest BCUT2D eigenvalue weighted by molar-refractivity contribution is 6.09. The molecular weight excluding hydrogens is 318 g/mol. The van der Waals surface area contributed by atoms with Gasteiger partial charge >= 0.3 is 0 Å². The van der Waals surface area contributed by atoms with E-state index in [9.17, 15) is 4.79 Å². The molecule has 1 unspecified atom stereocenters. The summed E-state index contributed by atoms with van der Waals surface area (Å²) in [5.41, 5.74) is 1.53. The van der Waals surface area contributed by atoms with Crippen molar-refractivity contribution in [1.82, 2.24) is 5.32 Å². The van der Waals surface area contributed by atoms with Crippen molar-refractivity contribution >= 4 is 5.78 Å². The van der Waals surface area contributed by atoms with E-state index in [1.165, 1.54) is 0 Å². The van der Waals surface area contributed by atoms with Gasteiger partial charge in [-0.25, -0.2) is 0 Å². The van der Waals surface area contributed by atoms with E-state index in [4.69, 9.17) is 0 Å². The zero-order valence-electron chi connectivity index (χ0n) is 16.3. The highest BCUT2D eigenvalue weighted by Gasteiger charge is 2.30. The van der Waals surface area contributed by atoms with Crippen LogP contribution in [-0.4, -0.2) is 19.4 Å². The summed E-state index contributed by atoms with van der Waals surface area (Å²) in [5, 5.41) is 3.28. The van der Waals surface area contributed by atoms with Crippen LogP contribution in [0.1, 0.15) is 44.0 Å². The fraction of sp³-hybridized carbons (Fsp3) is 0.375. The second-order valence-electron chi connectivity index (χ2n) is 7.94. The molecule has 1 aromatic rings. The number of allylic oxidation sites excluding steroid dienone is 5. The predicted molar refractivity (Wildman–Crippen MR) is 110 cm³/mol. The Bertz CT molecular complexity index is 766. The molecule has 0 fully saturated rings. The van der Waals surface area contributed by atoms with E-state index < -0.39 is 0 Å².